The summed E-state index contributed by atoms with van der Waals surface area (Å²) in [6.45, 7) is 4.38. The summed E-state index contributed by atoms with van der Waals surface area (Å²) in [5.41, 5.74) is 2.87. The van der Waals surface area contributed by atoms with Gasteiger partial charge in [0.1, 0.15) is 5.75 Å². The van der Waals surface area contributed by atoms with Crippen LogP contribution >= 0.6 is 23.8 Å². The molecule has 27 heavy (non-hydrogen) atoms. The molecule has 0 aliphatic carbocycles. The normalized spacial score (nSPS) is 16.4. The van der Waals surface area contributed by atoms with Crippen molar-refractivity contribution in [1.82, 2.24) is 10.6 Å². The van der Waals surface area contributed by atoms with E-state index in [0.29, 0.717) is 33.7 Å². The fourth-order valence-corrected chi connectivity index (χ4v) is 3.30. The van der Waals surface area contributed by atoms with Gasteiger partial charge in [0.05, 0.1) is 18.2 Å². The lowest BCUT2D eigenvalue weighted by Gasteiger charge is -2.30. The van der Waals surface area contributed by atoms with E-state index >= 15 is 0 Å². The van der Waals surface area contributed by atoms with Crippen LogP contribution in [-0.2, 0) is 4.79 Å². The molecule has 1 aliphatic rings. The van der Waals surface area contributed by atoms with Crippen LogP contribution in [0.3, 0.4) is 0 Å². The van der Waals surface area contributed by atoms with Crippen LogP contribution in [0.2, 0.25) is 5.02 Å². The molecule has 0 unspecified atom stereocenters. The first-order chi connectivity index (χ1) is 13.0. The van der Waals surface area contributed by atoms with Crippen LogP contribution in [0.1, 0.15) is 25.5 Å². The first-order valence-electron chi connectivity index (χ1n) is 8.56. The number of allylic oxidation sites excluding steroid dienone is 1. The van der Waals surface area contributed by atoms with E-state index in [2.05, 4.69) is 16.0 Å². The molecule has 0 aromatic heterocycles. The number of amides is 1. The Labute approximate surface area is 168 Å². The maximum atomic E-state index is 13.0. The number of rotatable bonds is 5. The number of thiocarbonyl (C=S) groups is 1. The molecule has 3 rings (SSSR count). The van der Waals surface area contributed by atoms with Crippen LogP contribution in [0.5, 0.6) is 5.75 Å². The SMILES string of the molecule is CCOc1ccc([C@@H]2NC(=S)NC(C)=C2C(=O)Nc2ccc(Cl)cc2)cc1. The van der Waals surface area contributed by atoms with Crippen molar-refractivity contribution in [2.45, 2.75) is 19.9 Å². The molecule has 0 bridgehead atoms. The Hall–Kier alpha value is -2.57. The Morgan fingerprint density at radius 2 is 1.85 bits per heavy atom. The quantitative estimate of drug-likeness (QED) is 0.656. The molecular weight excluding hydrogens is 382 g/mol. The molecule has 2 aromatic carbocycles. The third kappa shape index (κ3) is 4.59. The van der Waals surface area contributed by atoms with Crippen LogP contribution in [-0.4, -0.2) is 17.6 Å². The minimum atomic E-state index is -0.360. The second kappa shape index (κ2) is 8.41. The minimum Gasteiger partial charge on any atom is -0.494 e. The molecule has 0 saturated heterocycles. The van der Waals surface area contributed by atoms with E-state index in [9.17, 15) is 4.79 Å². The highest BCUT2D eigenvalue weighted by molar-refractivity contribution is 7.80. The predicted octanol–water partition coefficient (Wildman–Crippen LogP) is 4.17. The summed E-state index contributed by atoms with van der Waals surface area (Å²) in [5, 5.41) is 10.2. The van der Waals surface area contributed by atoms with Gasteiger partial charge in [-0.05, 0) is 68.0 Å². The zero-order valence-corrected chi connectivity index (χ0v) is 16.6. The topological polar surface area (TPSA) is 62.4 Å². The molecule has 3 N–H and O–H groups in total. The molecule has 0 spiro atoms. The smallest absolute Gasteiger partial charge is 0.255 e. The Morgan fingerprint density at radius 1 is 1.19 bits per heavy atom. The lowest BCUT2D eigenvalue weighted by molar-refractivity contribution is -0.113. The van der Waals surface area contributed by atoms with E-state index in [1.54, 1.807) is 24.3 Å². The van der Waals surface area contributed by atoms with E-state index in [4.69, 9.17) is 28.6 Å². The summed E-state index contributed by atoms with van der Waals surface area (Å²) in [4.78, 5) is 13.0. The average Bonchev–Trinajstić information content (AvgIpc) is 2.64. The molecule has 1 amide bonds. The zero-order valence-electron chi connectivity index (χ0n) is 15.0. The average molecular weight is 402 g/mol. The summed E-state index contributed by atoms with van der Waals surface area (Å²) >= 11 is 11.2. The summed E-state index contributed by atoms with van der Waals surface area (Å²) < 4.78 is 5.49. The number of carbonyl (C=O) groups is 1. The van der Waals surface area contributed by atoms with Crippen LogP contribution in [0, 0.1) is 0 Å². The number of halogens is 1. The number of ether oxygens (including phenoxy) is 1. The standard InChI is InChI=1S/C20H20ClN3O2S/c1-3-26-16-10-4-13(5-11-16)18-17(12(2)22-20(27)24-18)19(25)23-15-8-6-14(21)7-9-15/h4-11,18H,3H2,1-2H3,(H,23,25)(H2,22,24,27)/t18-/m0/s1. The molecule has 1 atom stereocenters. The Balaban J connectivity index is 1.89. The van der Waals surface area contributed by atoms with Crippen molar-refractivity contribution in [3.8, 4) is 5.75 Å². The third-order valence-corrected chi connectivity index (χ3v) is 4.61. The summed E-state index contributed by atoms with van der Waals surface area (Å²) in [7, 11) is 0. The van der Waals surface area contributed by atoms with Crippen molar-refractivity contribution in [3.63, 3.8) is 0 Å². The van der Waals surface area contributed by atoms with E-state index in [1.165, 1.54) is 0 Å². The van der Waals surface area contributed by atoms with Crippen molar-refractivity contribution in [2.24, 2.45) is 0 Å². The molecule has 0 radical (unpaired) electrons. The molecule has 7 heteroatoms. The number of anilines is 1. The molecule has 2 aromatic rings. The Kier molecular flexibility index (Phi) is 5.98. The monoisotopic (exact) mass is 401 g/mol. The van der Waals surface area contributed by atoms with Gasteiger partial charge in [-0.1, -0.05) is 23.7 Å². The van der Waals surface area contributed by atoms with Crippen molar-refractivity contribution >= 4 is 40.5 Å². The van der Waals surface area contributed by atoms with Crippen LogP contribution < -0.4 is 20.7 Å². The van der Waals surface area contributed by atoms with E-state index in [-0.39, 0.29) is 11.9 Å². The second-order valence-corrected chi connectivity index (χ2v) is 6.88. The fourth-order valence-electron chi connectivity index (χ4n) is 2.90. The first-order valence-corrected chi connectivity index (χ1v) is 9.34. The Bertz CT molecular complexity index is 879. The lowest BCUT2D eigenvalue weighted by atomic mass is 9.95. The molecule has 5 nitrogen and oxygen atoms in total. The van der Waals surface area contributed by atoms with Crippen LogP contribution in [0.25, 0.3) is 0 Å². The van der Waals surface area contributed by atoms with Crippen molar-refractivity contribution in [3.05, 3.63) is 70.4 Å². The molecule has 1 aliphatic heterocycles. The highest BCUT2D eigenvalue weighted by Gasteiger charge is 2.29. The number of hydrogen-bond donors (Lipinski definition) is 3. The van der Waals surface area contributed by atoms with E-state index in [1.807, 2.05) is 38.1 Å². The van der Waals surface area contributed by atoms with Gasteiger partial charge in [-0.3, -0.25) is 4.79 Å². The van der Waals surface area contributed by atoms with Crippen molar-refractivity contribution < 1.29 is 9.53 Å². The number of carbonyl (C=O) groups excluding carboxylic acids is 1. The van der Waals surface area contributed by atoms with E-state index in [0.717, 1.165) is 11.3 Å². The number of nitrogens with one attached hydrogen (secondary N) is 3. The molecule has 140 valence electrons. The van der Waals surface area contributed by atoms with Crippen LogP contribution in [0.15, 0.2) is 59.8 Å². The zero-order chi connectivity index (χ0) is 19.4. The summed E-state index contributed by atoms with van der Waals surface area (Å²) in [6.07, 6.45) is 0. The predicted molar refractivity (Wildman–Crippen MR) is 112 cm³/mol. The maximum Gasteiger partial charge on any atom is 0.255 e. The fraction of sp³-hybridized carbons (Fsp3) is 0.200. The summed E-state index contributed by atoms with van der Waals surface area (Å²) in [5.74, 6) is 0.571. The third-order valence-electron chi connectivity index (χ3n) is 4.14. The second-order valence-electron chi connectivity index (χ2n) is 6.03. The van der Waals surface area contributed by atoms with Gasteiger partial charge < -0.3 is 20.7 Å². The van der Waals surface area contributed by atoms with Gasteiger partial charge in [0.2, 0.25) is 0 Å². The molecule has 0 fully saturated rings. The molecular formula is C20H20ClN3O2S. The van der Waals surface area contributed by atoms with Gasteiger partial charge in [0.25, 0.3) is 5.91 Å². The van der Waals surface area contributed by atoms with Gasteiger partial charge >= 0.3 is 0 Å². The van der Waals surface area contributed by atoms with E-state index < -0.39 is 0 Å². The number of hydrogen-bond acceptors (Lipinski definition) is 3. The largest absolute Gasteiger partial charge is 0.494 e. The van der Waals surface area contributed by atoms with Gasteiger partial charge in [-0.2, -0.15) is 0 Å². The van der Waals surface area contributed by atoms with Gasteiger partial charge in [0, 0.05) is 16.4 Å². The van der Waals surface area contributed by atoms with Gasteiger partial charge in [-0.15, -0.1) is 0 Å². The molecule has 0 saturated carbocycles. The first kappa shape index (κ1) is 19.2. The lowest BCUT2D eigenvalue weighted by Crippen LogP contribution is -2.45. The van der Waals surface area contributed by atoms with Crippen molar-refractivity contribution in [2.75, 3.05) is 11.9 Å². The molecule has 1 heterocycles. The van der Waals surface area contributed by atoms with Crippen LogP contribution in [0.4, 0.5) is 5.69 Å². The van der Waals surface area contributed by atoms with Gasteiger partial charge in [0.15, 0.2) is 5.11 Å². The number of benzene rings is 2. The Morgan fingerprint density at radius 3 is 2.48 bits per heavy atom. The highest BCUT2D eigenvalue weighted by Crippen LogP contribution is 2.29. The maximum absolute atomic E-state index is 13.0. The minimum absolute atomic E-state index is 0.212. The summed E-state index contributed by atoms with van der Waals surface area (Å²) in [6, 6.07) is 14.3. The highest BCUT2D eigenvalue weighted by atomic mass is 35.5. The van der Waals surface area contributed by atoms with Crippen molar-refractivity contribution in [1.29, 1.82) is 0 Å². The van der Waals surface area contributed by atoms with Gasteiger partial charge in [-0.25, -0.2) is 0 Å².